The molecule has 0 aromatic heterocycles. The summed E-state index contributed by atoms with van der Waals surface area (Å²) < 4.78 is 0. The van der Waals surface area contributed by atoms with Gasteiger partial charge in [-0.25, -0.2) is 0 Å². The molecule has 3 rings (SSSR count). The first-order chi connectivity index (χ1) is 11.7. The molecule has 1 aliphatic heterocycles. The maximum atomic E-state index is 3.99. The zero-order valence-electron chi connectivity index (χ0n) is 14.9. The highest BCUT2D eigenvalue weighted by Crippen LogP contribution is 2.47. The van der Waals surface area contributed by atoms with Crippen molar-refractivity contribution in [3.05, 3.63) is 89.5 Å². The standard InChI is InChI=1S/C20H19NS.C2H6/c1-4-8-17-19(5-2)22-20-10-7-6-9-18(20)21(17)16-13-11-15(3)12-14-16;1-2/h4-14H,2H2,1,3H3;1-2H3/b8-4-;. The van der Waals surface area contributed by atoms with E-state index in [2.05, 4.69) is 79.1 Å². The molecule has 0 fully saturated rings. The second-order valence-electron chi connectivity index (χ2n) is 5.19. The maximum Gasteiger partial charge on any atom is 0.0601 e. The van der Waals surface area contributed by atoms with Gasteiger partial charge in [-0.1, -0.05) is 74.2 Å². The summed E-state index contributed by atoms with van der Waals surface area (Å²) in [6.45, 7) is 12.2. The summed E-state index contributed by atoms with van der Waals surface area (Å²) in [6, 6.07) is 17.2. The molecule has 1 heterocycles. The van der Waals surface area contributed by atoms with Crippen LogP contribution in [0.2, 0.25) is 0 Å². The van der Waals surface area contributed by atoms with E-state index in [4.69, 9.17) is 0 Å². The Bertz CT molecular complexity index is 754. The molecule has 0 N–H and O–H groups in total. The fourth-order valence-electron chi connectivity index (χ4n) is 2.57. The molecular formula is C22H25NS. The van der Waals surface area contributed by atoms with E-state index in [1.54, 1.807) is 11.8 Å². The highest BCUT2D eigenvalue weighted by Gasteiger charge is 2.24. The zero-order chi connectivity index (χ0) is 17.5. The minimum Gasteiger partial charge on any atom is -0.308 e. The number of benzene rings is 2. The van der Waals surface area contributed by atoms with Gasteiger partial charge in [-0.2, -0.15) is 0 Å². The van der Waals surface area contributed by atoms with Gasteiger partial charge in [0.2, 0.25) is 0 Å². The molecule has 1 aliphatic rings. The average Bonchev–Trinajstić information content (AvgIpc) is 2.64. The Morgan fingerprint density at radius 3 is 2.29 bits per heavy atom. The first-order valence-electron chi connectivity index (χ1n) is 8.37. The molecule has 0 saturated carbocycles. The lowest BCUT2D eigenvalue weighted by atomic mass is 10.1. The van der Waals surface area contributed by atoms with Crippen molar-refractivity contribution >= 4 is 23.1 Å². The first kappa shape index (κ1) is 18.2. The van der Waals surface area contributed by atoms with E-state index < -0.39 is 0 Å². The predicted octanol–water partition coefficient (Wildman–Crippen LogP) is 7.24. The fraction of sp³-hybridized carbons (Fsp3) is 0.182. The number of thioether (sulfide) groups is 1. The number of anilines is 2. The number of nitrogens with zero attached hydrogens (tertiary/aromatic N) is 1. The molecule has 2 aromatic rings. The van der Waals surface area contributed by atoms with Crippen LogP contribution in [0.25, 0.3) is 0 Å². The molecule has 124 valence electrons. The largest absolute Gasteiger partial charge is 0.308 e. The topological polar surface area (TPSA) is 3.24 Å². The number of hydrogen-bond donors (Lipinski definition) is 0. The van der Waals surface area contributed by atoms with Crippen molar-refractivity contribution in [2.24, 2.45) is 0 Å². The number of para-hydroxylation sites is 1. The smallest absolute Gasteiger partial charge is 0.0601 e. The van der Waals surface area contributed by atoms with E-state index in [1.165, 1.54) is 32.4 Å². The van der Waals surface area contributed by atoms with Crippen LogP contribution in [0.5, 0.6) is 0 Å². The first-order valence-corrected chi connectivity index (χ1v) is 9.19. The third-order valence-corrected chi connectivity index (χ3v) is 4.78. The van der Waals surface area contributed by atoms with Gasteiger partial charge in [0, 0.05) is 15.5 Å². The normalized spacial score (nSPS) is 13.4. The Labute approximate surface area is 150 Å². The van der Waals surface area contributed by atoms with Crippen LogP contribution in [0.3, 0.4) is 0 Å². The SMILES string of the molecule is C=CC1=C(/C=C\C)N(c2ccc(C)cc2)c2ccccc2S1.CC. The van der Waals surface area contributed by atoms with Crippen molar-refractivity contribution in [1.82, 2.24) is 0 Å². The zero-order valence-corrected chi connectivity index (χ0v) is 15.7. The molecule has 0 saturated heterocycles. The summed E-state index contributed by atoms with van der Waals surface area (Å²) in [5.41, 5.74) is 4.83. The van der Waals surface area contributed by atoms with Crippen LogP contribution in [0, 0.1) is 6.92 Å². The van der Waals surface area contributed by atoms with Gasteiger partial charge in [-0.3, -0.25) is 0 Å². The molecule has 0 atom stereocenters. The number of rotatable bonds is 3. The molecule has 0 radical (unpaired) electrons. The molecule has 0 spiro atoms. The van der Waals surface area contributed by atoms with E-state index in [-0.39, 0.29) is 0 Å². The van der Waals surface area contributed by atoms with Crippen molar-refractivity contribution in [1.29, 1.82) is 0 Å². The summed E-state index contributed by atoms with van der Waals surface area (Å²) >= 11 is 1.78. The van der Waals surface area contributed by atoms with Gasteiger partial charge in [-0.15, -0.1) is 0 Å². The molecule has 2 aromatic carbocycles. The Kier molecular flexibility index (Phi) is 6.51. The number of aryl methyl sites for hydroxylation is 1. The summed E-state index contributed by atoms with van der Waals surface area (Å²) in [4.78, 5) is 4.74. The molecule has 0 bridgehead atoms. The van der Waals surface area contributed by atoms with Gasteiger partial charge >= 0.3 is 0 Å². The molecule has 0 aliphatic carbocycles. The van der Waals surface area contributed by atoms with Gasteiger partial charge in [0.1, 0.15) is 0 Å². The van der Waals surface area contributed by atoms with E-state index in [9.17, 15) is 0 Å². The van der Waals surface area contributed by atoms with Crippen LogP contribution in [0.15, 0.2) is 88.8 Å². The van der Waals surface area contributed by atoms with Gasteiger partial charge in [0.15, 0.2) is 0 Å². The summed E-state index contributed by atoms with van der Waals surface area (Å²) in [6.07, 6.45) is 6.17. The molecule has 2 heteroatoms. The Morgan fingerprint density at radius 1 is 1.00 bits per heavy atom. The minimum absolute atomic E-state index is 1.17. The molecular weight excluding hydrogens is 310 g/mol. The van der Waals surface area contributed by atoms with Gasteiger partial charge in [-0.05, 0) is 44.2 Å². The number of hydrogen-bond acceptors (Lipinski definition) is 2. The second kappa shape index (κ2) is 8.60. The predicted molar refractivity (Wildman–Crippen MR) is 109 cm³/mol. The molecule has 0 unspecified atom stereocenters. The van der Waals surface area contributed by atoms with Crippen LogP contribution in [0.1, 0.15) is 26.3 Å². The van der Waals surface area contributed by atoms with E-state index >= 15 is 0 Å². The van der Waals surface area contributed by atoms with Gasteiger partial charge in [0.25, 0.3) is 0 Å². The maximum absolute atomic E-state index is 3.99. The number of fused-ring (bicyclic) bond motifs is 1. The van der Waals surface area contributed by atoms with Crippen molar-refractivity contribution in [3.63, 3.8) is 0 Å². The number of allylic oxidation sites excluding steroid dienone is 3. The van der Waals surface area contributed by atoms with E-state index in [0.29, 0.717) is 0 Å². The van der Waals surface area contributed by atoms with E-state index in [0.717, 1.165) is 0 Å². The summed E-state index contributed by atoms with van der Waals surface area (Å²) in [5.74, 6) is 0. The third-order valence-electron chi connectivity index (χ3n) is 3.62. The minimum atomic E-state index is 1.17. The Morgan fingerprint density at radius 2 is 1.67 bits per heavy atom. The van der Waals surface area contributed by atoms with Crippen molar-refractivity contribution in [2.75, 3.05) is 4.90 Å². The highest BCUT2D eigenvalue weighted by molar-refractivity contribution is 8.03. The lowest BCUT2D eigenvalue weighted by Gasteiger charge is -2.33. The molecule has 1 nitrogen and oxygen atoms in total. The molecule has 0 amide bonds. The van der Waals surface area contributed by atoms with Crippen LogP contribution in [-0.4, -0.2) is 0 Å². The van der Waals surface area contributed by atoms with Crippen molar-refractivity contribution in [2.45, 2.75) is 32.6 Å². The van der Waals surface area contributed by atoms with Gasteiger partial charge < -0.3 is 4.90 Å². The third kappa shape index (κ3) is 3.65. The lowest BCUT2D eigenvalue weighted by molar-refractivity contribution is 1.15. The van der Waals surface area contributed by atoms with E-state index in [1.807, 2.05) is 26.8 Å². The second-order valence-corrected chi connectivity index (χ2v) is 6.28. The summed E-state index contributed by atoms with van der Waals surface area (Å²) in [5, 5.41) is 0. The summed E-state index contributed by atoms with van der Waals surface area (Å²) in [7, 11) is 0. The molecule has 24 heavy (non-hydrogen) atoms. The van der Waals surface area contributed by atoms with Crippen molar-refractivity contribution in [3.8, 4) is 0 Å². The fourth-order valence-corrected chi connectivity index (χ4v) is 3.57. The quantitative estimate of drug-likeness (QED) is 0.581. The average molecular weight is 336 g/mol. The Hall–Kier alpha value is -2.19. The monoisotopic (exact) mass is 335 g/mol. The van der Waals surface area contributed by atoms with Crippen LogP contribution >= 0.6 is 11.8 Å². The van der Waals surface area contributed by atoms with Crippen LogP contribution < -0.4 is 4.90 Å². The highest BCUT2D eigenvalue weighted by atomic mass is 32.2. The lowest BCUT2D eigenvalue weighted by Crippen LogP contribution is -2.19. The Balaban J connectivity index is 0.00000100. The van der Waals surface area contributed by atoms with Crippen molar-refractivity contribution < 1.29 is 0 Å². The van der Waals surface area contributed by atoms with Gasteiger partial charge in [0.05, 0.1) is 11.4 Å². The van der Waals surface area contributed by atoms with Crippen LogP contribution in [-0.2, 0) is 0 Å². The van der Waals surface area contributed by atoms with Crippen LogP contribution in [0.4, 0.5) is 11.4 Å².